The van der Waals surface area contributed by atoms with E-state index in [4.69, 9.17) is 0 Å². The first-order valence-corrected chi connectivity index (χ1v) is 5.41. The SMILES string of the molecule is CC1=C(C)C(O)/C(=C/c2nc(C)nn2C)C1=O. The molecule has 0 amide bonds. The van der Waals surface area contributed by atoms with Crippen LogP contribution in [0.3, 0.4) is 0 Å². The van der Waals surface area contributed by atoms with Gasteiger partial charge in [0.1, 0.15) is 11.9 Å². The van der Waals surface area contributed by atoms with Gasteiger partial charge in [-0.25, -0.2) is 9.67 Å². The van der Waals surface area contributed by atoms with Crippen LogP contribution in [0.4, 0.5) is 0 Å². The Kier molecular flexibility index (Phi) is 2.71. The number of hydrogen-bond donors (Lipinski definition) is 1. The van der Waals surface area contributed by atoms with Crippen molar-refractivity contribution in [3.8, 4) is 0 Å². The van der Waals surface area contributed by atoms with E-state index < -0.39 is 6.10 Å². The highest BCUT2D eigenvalue weighted by atomic mass is 16.3. The highest BCUT2D eigenvalue weighted by Crippen LogP contribution is 2.28. The zero-order valence-corrected chi connectivity index (χ0v) is 10.4. The number of aliphatic hydroxyl groups is 1. The quantitative estimate of drug-likeness (QED) is 0.728. The topological polar surface area (TPSA) is 68.0 Å². The molecular formula is C12H15N3O2. The van der Waals surface area contributed by atoms with Crippen LogP contribution in [0.15, 0.2) is 16.7 Å². The third kappa shape index (κ3) is 1.82. The number of aryl methyl sites for hydroxylation is 2. The second-order valence-electron chi connectivity index (χ2n) is 4.28. The summed E-state index contributed by atoms with van der Waals surface area (Å²) in [5, 5.41) is 14.0. The van der Waals surface area contributed by atoms with E-state index in [2.05, 4.69) is 10.1 Å². The molecule has 5 nitrogen and oxygen atoms in total. The Labute approximate surface area is 99.5 Å². The van der Waals surface area contributed by atoms with Crippen molar-refractivity contribution in [2.24, 2.45) is 7.05 Å². The molecule has 0 fully saturated rings. The molecule has 1 aromatic heterocycles. The van der Waals surface area contributed by atoms with Crippen molar-refractivity contribution in [3.05, 3.63) is 28.4 Å². The molecule has 0 aromatic carbocycles. The van der Waals surface area contributed by atoms with Crippen LogP contribution in [0.2, 0.25) is 0 Å². The smallest absolute Gasteiger partial charge is 0.187 e. The first kappa shape index (κ1) is 11.7. The summed E-state index contributed by atoms with van der Waals surface area (Å²) in [4.78, 5) is 16.1. The van der Waals surface area contributed by atoms with Gasteiger partial charge in [-0.3, -0.25) is 4.79 Å². The molecule has 0 saturated heterocycles. The maximum atomic E-state index is 11.9. The number of hydrogen-bond acceptors (Lipinski definition) is 4. The number of aliphatic hydroxyl groups excluding tert-OH is 1. The van der Waals surface area contributed by atoms with E-state index in [-0.39, 0.29) is 5.78 Å². The Balaban J connectivity index is 2.44. The molecule has 5 heteroatoms. The Morgan fingerprint density at radius 1 is 1.35 bits per heavy atom. The fourth-order valence-corrected chi connectivity index (χ4v) is 1.90. The van der Waals surface area contributed by atoms with E-state index in [1.165, 1.54) is 0 Å². The molecule has 0 bridgehead atoms. The predicted octanol–water partition coefficient (Wildman–Crippen LogP) is 0.787. The zero-order chi connectivity index (χ0) is 12.7. The van der Waals surface area contributed by atoms with Crippen LogP contribution in [0.5, 0.6) is 0 Å². The molecule has 1 N–H and O–H groups in total. The Morgan fingerprint density at radius 3 is 2.41 bits per heavy atom. The van der Waals surface area contributed by atoms with Crippen molar-refractivity contribution in [3.63, 3.8) is 0 Å². The van der Waals surface area contributed by atoms with Gasteiger partial charge in [0.25, 0.3) is 0 Å². The van der Waals surface area contributed by atoms with E-state index in [9.17, 15) is 9.90 Å². The number of carbonyl (C=O) groups excluding carboxylic acids is 1. The molecule has 1 aliphatic carbocycles. The summed E-state index contributed by atoms with van der Waals surface area (Å²) in [6.45, 7) is 5.27. The Hall–Kier alpha value is -1.75. The second-order valence-corrected chi connectivity index (χ2v) is 4.28. The van der Waals surface area contributed by atoms with Crippen LogP contribution in [-0.2, 0) is 11.8 Å². The average molecular weight is 233 g/mol. The highest BCUT2D eigenvalue weighted by molar-refractivity contribution is 6.15. The van der Waals surface area contributed by atoms with Crippen molar-refractivity contribution >= 4 is 11.9 Å². The lowest BCUT2D eigenvalue weighted by Gasteiger charge is -2.04. The first-order valence-electron chi connectivity index (χ1n) is 5.41. The molecule has 1 aliphatic rings. The molecule has 1 unspecified atom stereocenters. The van der Waals surface area contributed by atoms with Gasteiger partial charge in [-0.05, 0) is 38.0 Å². The minimum Gasteiger partial charge on any atom is -0.384 e. The van der Waals surface area contributed by atoms with Gasteiger partial charge in [0, 0.05) is 12.6 Å². The van der Waals surface area contributed by atoms with Gasteiger partial charge in [0.15, 0.2) is 11.6 Å². The van der Waals surface area contributed by atoms with Crippen molar-refractivity contribution in [2.45, 2.75) is 26.9 Å². The number of allylic oxidation sites excluding steroid dienone is 1. The molecule has 0 saturated carbocycles. The van der Waals surface area contributed by atoms with Gasteiger partial charge < -0.3 is 5.11 Å². The first-order chi connectivity index (χ1) is 7.91. The lowest BCUT2D eigenvalue weighted by molar-refractivity contribution is -0.112. The summed E-state index contributed by atoms with van der Waals surface area (Å²) in [6.07, 6.45) is 0.784. The van der Waals surface area contributed by atoms with Crippen molar-refractivity contribution in [1.82, 2.24) is 14.8 Å². The fraction of sp³-hybridized carbons (Fsp3) is 0.417. The number of Topliss-reactive ketones (excluding diaryl/α,β-unsaturated/α-hetero) is 1. The van der Waals surface area contributed by atoms with E-state index in [0.717, 1.165) is 0 Å². The molecule has 1 heterocycles. The maximum Gasteiger partial charge on any atom is 0.187 e. The van der Waals surface area contributed by atoms with Gasteiger partial charge in [0.05, 0.1) is 0 Å². The normalized spacial score (nSPS) is 23.0. The van der Waals surface area contributed by atoms with E-state index in [1.54, 1.807) is 38.6 Å². The molecule has 2 rings (SSSR count). The monoisotopic (exact) mass is 233 g/mol. The average Bonchev–Trinajstić information content (AvgIpc) is 2.67. The summed E-state index contributed by atoms with van der Waals surface area (Å²) in [7, 11) is 1.76. The third-order valence-corrected chi connectivity index (χ3v) is 3.09. The van der Waals surface area contributed by atoms with E-state index in [0.29, 0.717) is 28.4 Å². The Morgan fingerprint density at radius 2 is 2.00 bits per heavy atom. The number of ketones is 1. The number of aromatic nitrogens is 3. The largest absolute Gasteiger partial charge is 0.384 e. The molecule has 0 spiro atoms. The number of rotatable bonds is 1. The molecule has 0 radical (unpaired) electrons. The molecule has 1 atom stereocenters. The third-order valence-electron chi connectivity index (χ3n) is 3.09. The summed E-state index contributed by atoms with van der Waals surface area (Å²) in [6, 6.07) is 0. The van der Waals surface area contributed by atoms with Crippen molar-refractivity contribution in [2.75, 3.05) is 0 Å². The minimum atomic E-state index is -0.820. The highest BCUT2D eigenvalue weighted by Gasteiger charge is 2.31. The summed E-state index contributed by atoms with van der Waals surface area (Å²) in [5.41, 5.74) is 1.69. The van der Waals surface area contributed by atoms with Crippen LogP contribution < -0.4 is 0 Å². The predicted molar refractivity (Wildman–Crippen MR) is 63.1 cm³/mol. The van der Waals surface area contributed by atoms with Gasteiger partial charge in [-0.15, -0.1) is 0 Å². The van der Waals surface area contributed by atoms with Crippen LogP contribution in [0.1, 0.15) is 25.5 Å². The number of nitrogens with zero attached hydrogens (tertiary/aromatic N) is 3. The second kappa shape index (κ2) is 3.92. The van der Waals surface area contributed by atoms with Crippen LogP contribution in [0.25, 0.3) is 6.08 Å². The van der Waals surface area contributed by atoms with Crippen LogP contribution in [-0.4, -0.2) is 31.8 Å². The summed E-state index contributed by atoms with van der Waals surface area (Å²) >= 11 is 0. The molecular weight excluding hydrogens is 218 g/mol. The molecule has 1 aromatic rings. The van der Waals surface area contributed by atoms with Crippen LogP contribution >= 0.6 is 0 Å². The zero-order valence-electron chi connectivity index (χ0n) is 10.4. The fourth-order valence-electron chi connectivity index (χ4n) is 1.90. The standard InChI is InChI=1S/C12H15N3O2/c1-6-7(2)12(17)9(11(6)16)5-10-13-8(3)14-15(10)4/h5,11,16H,1-4H3/b9-5-. The summed E-state index contributed by atoms with van der Waals surface area (Å²) in [5.74, 6) is 1.10. The van der Waals surface area contributed by atoms with Crippen molar-refractivity contribution in [1.29, 1.82) is 0 Å². The molecule has 17 heavy (non-hydrogen) atoms. The maximum absolute atomic E-state index is 11.9. The van der Waals surface area contributed by atoms with Crippen LogP contribution in [0, 0.1) is 6.92 Å². The van der Waals surface area contributed by atoms with E-state index >= 15 is 0 Å². The van der Waals surface area contributed by atoms with E-state index in [1.807, 2.05) is 0 Å². The van der Waals surface area contributed by atoms with Gasteiger partial charge in [-0.1, -0.05) is 0 Å². The molecule has 90 valence electrons. The van der Waals surface area contributed by atoms with Gasteiger partial charge >= 0.3 is 0 Å². The lowest BCUT2D eigenvalue weighted by Crippen LogP contribution is -2.10. The minimum absolute atomic E-state index is 0.115. The Bertz CT molecular complexity index is 552. The summed E-state index contributed by atoms with van der Waals surface area (Å²) < 4.78 is 1.59. The molecule has 0 aliphatic heterocycles. The van der Waals surface area contributed by atoms with Gasteiger partial charge in [-0.2, -0.15) is 5.10 Å². The number of carbonyl (C=O) groups is 1. The van der Waals surface area contributed by atoms with Gasteiger partial charge in [0.2, 0.25) is 0 Å². The van der Waals surface area contributed by atoms with Crippen molar-refractivity contribution < 1.29 is 9.90 Å². The lowest BCUT2D eigenvalue weighted by atomic mass is 10.1.